The summed E-state index contributed by atoms with van der Waals surface area (Å²) < 4.78 is 7.40. The first kappa shape index (κ1) is 21.9. The molecule has 0 N–H and O–H groups in total. The van der Waals surface area contributed by atoms with Crippen molar-refractivity contribution >= 4 is 45.9 Å². The fourth-order valence-corrected chi connectivity index (χ4v) is 4.85. The molecule has 31 heavy (non-hydrogen) atoms. The van der Waals surface area contributed by atoms with Crippen molar-refractivity contribution in [2.24, 2.45) is 0 Å². The number of aromatic nitrogens is 2. The van der Waals surface area contributed by atoms with Crippen LogP contribution in [0.2, 0.25) is 5.02 Å². The Labute approximate surface area is 190 Å². The average Bonchev–Trinajstić information content (AvgIpc) is 3.29. The molecule has 2 aromatic carbocycles. The molecule has 0 aliphatic carbocycles. The summed E-state index contributed by atoms with van der Waals surface area (Å²) in [4.78, 5) is 32.7. The van der Waals surface area contributed by atoms with Gasteiger partial charge in [-0.05, 0) is 50.1 Å². The predicted octanol–water partition coefficient (Wildman–Crippen LogP) is 4.37. The first-order valence-electron chi connectivity index (χ1n) is 10.2. The van der Waals surface area contributed by atoms with E-state index in [0.29, 0.717) is 34.2 Å². The molecule has 0 bridgehead atoms. The molecule has 1 fully saturated rings. The van der Waals surface area contributed by atoms with Crippen LogP contribution in [0.5, 0.6) is 0 Å². The summed E-state index contributed by atoms with van der Waals surface area (Å²) in [7, 11) is 1.75. The van der Waals surface area contributed by atoms with Gasteiger partial charge in [0.05, 0.1) is 28.8 Å². The second kappa shape index (κ2) is 9.42. The summed E-state index contributed by atoms with van der Waals surface area (Å²) in [6, 6.07) is 14.5. The van der Waals surface area contributed by atoms with Crippen molar-refractivity contribution in [1.29, 1.82) is 0 Å². The van der Waals surface area contributed by atoms with Gasteiger partial charge in [-0.3, -0.25) is 14.2 Å². The van der Waals surface area contributed by atoms with Crippen molar-refractivity contribution in [2.75, 3.05) is 18.6 Å². The van der Waals surface area contributed by atoms with E-state index in [9.17, 15) is 9.59 Å². The van der Waals surface area contributed by atoms with Crippen LogP contribution in [0.15, 0.2) is 58.5 Å². The molecule has 0 saturated carbocycles. The van der Waals surface area contributed by atoms with Crippen LogP contribution in [-0.2, 0) is 16.1 Å². The maximum Gasteiger partial charge on any atom is 0.262 e. The highest BCUT2D eigenvalue weighted by Gasteiger charge is 2.25. The van der Waals surface area contributed by atoms with Crippen LogP contribution in [0.4, 0.5) is 5.69 Å². The van der Waals surface area contributed by atoms with Gasteiger partial charge in [0.15, 0.2) is 5.16 Å². The number of carbonyl (C=O) groups excluding carboxylic acids is 1. The quantitative estimate of drug-likeness (QED) is 0.406. The lowest BCUT2D eigenvalue weighted by molar-refractivity contribution is -0.117. The van der Waals surface area contributed by atoms with Crippen LogP contribution in [0.25, 0.3) is 10.9 Å². The van der Waals surface area contributed by atoms with Crippen molar-refractivity contribution in [3.05, 3.63) is 63.9 Å². The highest BCUT2D eigenvalue weighted by molar-refractivity contribution is 8.00. The summed E-state index contributed by atoms with van der Waals surface area (Å²) in [5.74, 6) is -0.0692. The third kappa shape index (κ3) is 4.79. The number of ether oxygens (including phenoxy) is 1. The third-order valence-electron chi connectivity index (χ3n) is 5.40. The molecular weight excluding hydrogens is 434 g/mol. The Balaban J connectivity index is 1.67. The first-order chi connectivity index (χ1) is 14.9. The van der Waals surface area contributed by atoms with Gasteiger partial charge < -0.3 is 9.64 Å². The highest BCUT2D eigenvalue weighted by Crippen LogP contribution is 2.27. The van der Waals surface area contributed by atoms with E-state index in [1.54, 1.807) is 34.7 Å². The number of anilines is 1. The molecule has 8 heteroatoms. The summed E-state index contributed by atoms with van der Waals surface area (Å²) in [5.41, 5.74) is 1.20. The number of amides is 1. The van der Waals surface area contributed by atoms with Crippen molar-refractivity contribution < 1.29 is 9.53 Å². The van der Waals surface area contributed by atoms with E-state index in [4.69, 9.17) is 21.3 Å². The lowest BCUT2D eigenvalue weighted by Crippen LogP contribution is -2.34. The number of para-hydroxylation sites is 1. The minimum atomic E-state index is -0.440. The van der Waals surface area contributed by atoms with Crippen LogP contribution in [0.3, 0.4) is 0 Å². The Morgan fingerprint density at radius 2 is 2.10 bits per heavy atom. The van der Waals surface area contributed by atoms with Crippen LogP contribution < -0.4 is 10.5 Å². The standard InChI is InChI=1S/C23H24ClN3O3S/c1-15(21(28)26(2)17-7-4-3-5-8-17)31-23-25-20-13-16(24)10-11-19(20)22(29)27(23)14-18-9-6-12-30-18/h3-5,7-8,10-11,13,15,18H,6,9,12,14H2,1-2H3. The topological polar surface area (TPSA) is 64.4 Å². The van der Waals surface area contributed by atoms with E-state index in [0.717, 1.165) is 18.5 Å². The largest absolute Gasteiger partial charge is 0.376 e. The minimum absolute atomic E-state index is 0.0263. The maximum atomic E-state index is 13.3. The molecule has 0 spiro atoms. The summed E-state index contributed by atoms with van der Waals surface area (Å²) in [5, 5.41) is 1.08. The van der Waals surface area contributed by atoms with E-state index in [-0.39, 0.29) is 17.6 Å². The van der Waals surface area contributed by atoms with Gasteiger partial charge in [-0.25, -0.2) is 4.98 Å². The number of fused-ring (bicyclic) bond motifs is 1. The molecule has 3 aromatic rings. The maximum absolute atomic E-state index is 13.3. The van der Waals surface area contributed by atoms with E-state index < -0.39 is 5.25 Å². The lowest BCUT2D eigenvalue weighted by atomic mass is 10.2. The number of rotatable bonds is 6. The molecule has 1 amide bonds. The number of carbonyl (C=O) groups is 1. The van der Waals surface area contributed by atoms with Gasteiger partial charge in [-0.1, -0.05) is 41.6 Å². The third-order valence-corrected chi connectivity index (χ3v) is 6.71. The fourth-order valence-electron chi connectivity index (χ4n) is 3.68. The molecule has 1 aliphatic rings. The molecule has 4 rings (SSSR count). The van der Waals surface area contributed by atoms with E-state index in [1.807, 2.05) is 37.3 Å². The van der Waals surface area contributed by atoms with Gasteiger partial charge in [0, 0.05) is 24.4 Å². The normalized spacial score (nSPS) is 17.1. The zero-order valence-electron chi connectivity index (χ0n) is 17.5. The number of benzene rings is 2. The van der Waals surface area contributed by atoms with Crippen molar-refractivity contribution in [1.82, 2.24) is 9.55 Å². The Morgan fingerprint density at radius 1 is 1.32 bits per heavy atom. The molecule has 162 valence electrons. The molecule has 2 unspecified atom stereocenters. The number of hydrogen-bond donors (Lipinski definition) is 0. The minimum Gasteiger partial charge on any atom is -0.376 e. The molecule has 1 aromatic heterocycles. The second-order valence-electron chi connectivity index (χ2n) is 7.60. The zero-order chi connectivity index (χ0) is 22.0. The van der Waals surface area contributed by atoms with Crippen LogP contribution in [0.1, 0.15) is 19.8 Å². The SMILES string of the molecule is CC(Sc1nc2cc(Cl)ccc2c(=O)n1CC1CCCO1)C(=O)N(C)c1ccccc1. The van der Waals surface area contributed by atoms with Gasteiger partial charge in [0.25, 0.3) is 5.56 Å². The summed E-state index contributed by atoms with van der Waals surface area (Å²) in [6.07, 6.45) is 1.86. The molecule has 6 nitrogen and oxygen atoms in total. The van der Waals surface area contributed by atoms with E-state index in [2.05, 4.69) is 0 Å². The fraction of sp³-hybridized carbons (Fsp3) is 0.348. The van der Waals surface area contributed by atoms with Crippen molar-refractivity contribution in [3.8, 4) is 0 Å². The average molecular weight is 458 g/mol. The monoisotopic (exact) mass is 457 g/mol. The number of halogens is 1. The Bertz CT molecular complexity index is 1150. The molecule has 2 atom stereocenters. The highest BCUT2D eigenvalue weighted by atomic mass is 35.5. The van der Waals surface area contributed by atoms with E-state index >= 15 is 0 Å². The van der Waals surface area contributed by atoms with Crippen LogP contribution in [0, 0.1) is 0 Å². The van der Waals surface area contributed by atoms with Crippen molar-refractivity contribution in [3.63, 3.8) is 0 Å². The van der Waals surface area contributed by atoms with Gasteiger partial charge in [-0.2, -0.15) is 0 Å². The smallest absolute Gasteiger partial charge is 0.262 e. The molecule has 2 heterocycles. The zero-order valence-corrected chi connectivity index (χ0v) is 19.0. The van der Waals surface area contributed by atoms with Crippen LogP contribution >= 0.6 is 23.4 Å². The Morgan fingerprint density at radius 3 is 2.81 bits per heavy atom. The van der Waals surface area contributed by atoms with Gasteiger partial charge in [-0.15, -0.1) is 0 Å². The Hall–Kier alpha value is -2.35. The number of thioether (sulfide) groups is 1. The van der Waals surface area contributed by atoms with Crippen molar-refractivity contribution in [2.45, 2.75) is 42.8 Å². The number of nitrogens with zero attached hydrogens (tertiary/aromatic N) is 3. The van der Waals surface area contributed by atoms with E-state index in [1.165, 1.54) is 11.8 Å². The summed E-state index contributed by atoms with van der Waals surface area (Å²) in [6.45, 7) is 2.95. The molecular formula is C23H24ClN3O3S. The first-order valence-corrected chi connectivity index (χ1v) is 11.5. The lowest BCUT2D eigenvalue weighted by Gasteiger charge is -2.22. The predicted molar refractivity (Wildman–Crippen MR) is 125 cm³/mol. The number of hydrogen-bond acceptors (Lipinski definition) is 5. The van der Waals surface area contributed by atoms with Gasteiger partial charge in [0.2, 0.25) is 5.91 Å². The van der Waals surface area contributed by atoms with Gasteiger partial charge >= 0.3 is 0 Å². The molecule has 1 aliphatic heterocycles. The second-order valence-corrected chi connectivity index (χ2v) is 9.34. The molecule has 1 saturated heterocycles. The Kier molecular flexibility index (Phi) is 6.65. The van der Waals surface area contributed by atoms with Gasteiger partial charge in [0.1, 0.15) is 0 Å². The summed E-state index contributed by atoms with van der Waals surface area (Å²) >= 11 is 7.41. The molecule has 0 radical (unpaired) electrons. The van der Waals surface area contributed by atoms with Crippen LogP contribution in [-0.4, -0.2) is 40.5 Å².